The van der Waals surface area contributed by atoms with Crippen molar-refractivity contribution < 1.29 is 13.6 Å². The van der Waals surface area contributed by atoms with Crippen LogP contribution in [0.15, 0.2) is 29.8 Å². The van der Waals surface area contributed by atoms with Crippen molar-refractivity contribution in [3.63, 3.8) is 0 Å². The quantitative estimate of drug-likeness (QED) is 0.698. The molecule has 0 aliphatic heterocycles. The molecule has 0 aromatic heterocycles. The molecule has 1 aliphatic carbocycles. The van der Waals surface area contributed by atoms with Gasteiger partial charge in [-0.2, -0.15) is 0 Å². The van der Waals surface area contributed by atoms with Crippen LogP contribution in [0.1, 0.15) is 36.0 Å². The largest absolute Gasteiger partial charge is 0.289 e. The molecule has 0 unspecified atom stereocenters. The predicted octanol–water partition coefficient (Wildman–Crippen LogP) is 3.65. The van der Waals surface area contributed by atoms with E-state index in [2.05, 4.69) is 0 Å². The summed E-state index contributed by atoms with van der Waals surface area (Å²) >= 11 is 0. The van der Waals surface area contributed by atoms with E-state index in [1.165, 1.54) is 12.1 Å². The topological polar surface area (TPSA) is 17.1 Å². The van der Waals surface area contributed by atoms with Crippen LogP contribution in [0.4, 0.5) is 8.78 Å². The average molecular weight is 222 g/mol. The fraction of sp³-hybridized carbons (Fsp3) is 0.308. The number of carbonyl (C=O) groups is 1. The average Bonchev–Trinajstić information content (AvgIpc) is 2.33. The first-order valence-corrected chi connectivity index (χ1v) is 5.38. The lowest BCUT2D eigenvalue weighted by molar-refractivity contribution is 0.102. The summed E-state index contributed by atoms with van der Waals surface area (Å²) in [6, 6.07) is 3.70. The molecule has 16 heavy (non-hydrogen) atoms. The highest BCUT2D eigenvalue weighted by molar-refractivity contribution is 6.08. The Morgan fingerprint density at radius 1 is 1.19 bits per heavy atom. The third-order valence-corrected chi connectivity index (χ3v) is 2.78. The minimum Gasteiger partial charge on any atom is -0.289 e. The lowest BCUT2D eigenvalue weighted by Gasteiger charge is -2.11. The predicted molar refractivity (Wildman–Crippen MR) is 57.2 cm³/mol. The highest BCUT2D eigenvalue weighted by Crippen LogP contribution is 2.23. The fourth-order valence-electron chi connectivity index (χ4n) is 1.90. The molecule has 1 aromatic carbocycles. The van der Waals surface area contributed by atoms with E-state index in [-0.39, 0.29) is 11.3 Å². The van der Waals surface area contributed by atoms with Crippen LogP contribution in [-0.4, -0.2) is 5.78 Å². The molecule has 0 N–H and O–H groups in total. The zero-order valence-electron chi connectivity index (χ0n) is 8.80. The van der Waals surface area contributed by atoms with Crippen molar-refractivity contribution in [2.75, 3.05) is 0 Å². The van der Waals surface area contributed by atoms with Crippen LogP contribution < -0.4 is 0 Å². The summed E-state index contributed by atoms with van der Waals surface area (Å²) in [6.07, 6.45) is 5.33. The minimum atomic E-state index is -1.04. The highest BCUT2D eigenvalue weighted by Gasteiger charge is 2.19. The first kappa shape index (κ1) is 11.0. The molecule has 0 heterocycles. The standard InChI is InChI=1S/C13H12F2O/c14-11-8-4-7-10(12(11)15)13(16)9-5-2-1-3-6-9/h4-5,7-8H,1-3,6H2. The Bertz CT molecular complexity index is 449. The molecule has 0 bridgehead atoms. The molecule has 1 nitrogen and oxygen atoms in total. The molecular formula is C13H12F2O. The van der Waals surface area contributed by atoms with E-state index in [0.29, 0.717) is 12.0 Å². The Morgan fingerprint density at radius 2 is 2.00 bits per heavy atom. The lowest BCUT2D eigenvalue weighted by Crippen LogP contribution is -2.09. The molecule has 3 heteroatoms. The molecule has 2 rings (SSSR count). The van der Waals surface area contributed by atoms with E-state index in [0.717, 1.165) is 25.3 Å². The molecule has 0 atom stereocenters. The van der Waals surface area contributed by atoms with Gasteiger partial charge >= 0.3 is 0 Å². The van der Waals surface area contributed by atoms with Gasteiger partial charge in [-0.05, 0) is 43.4 Å². The third kappa shape index (κ3) is 2.03. The number of rotatable bonds is 2. The highest BCUT2D eigenvalue weighted by atomic mass is 19.2. The summed E-state index contributed by atoms with van der Waals surface area (Å²) in [5, 5.41) is 0. The number of halogens is 2. The molecule has 0 saturated heterocycles. The molecule has 84 valence electrons. The van der Waals surface area contributed by atoms with Crippen molar-refractivity contribution in [1.82, 2.24) is 0 Å². The number of hydrogen-bond donors (Lipinski definition) is 0. The summed E-state index contributed by atoms with van der Waals surface area (Å²) in [4.78, 5) is 11.9. The molecule has 1 aromatic rings. The fourth-order valence-corrected chi connectivity index (χ4v) is 1.90. The van der Waals surface area contributed by atoms with E-state index < -0.39 is 11.6 Å². The Hall–Kier alpha value is -1.51. The van der Waals surface area contributed by atoms with Crippen molar-refractivity contribution in [1.29, 1.82) is 0 Å². The van der Waals surface area contributed by atoms with Gasteiger partial charge in [-0.25, -0.2) is 8.78 Å². The van der Waals surface area contributed by atoms with Crippen molar-refractivity contribution in [3.05, 3.63) is 47.0 Å². The van der Waals surface area contributed by atoms with Gasteiger partial charge in [0, 0.05) is 0 Å². The van der Waals surface area contributed by atoms with Crippen LogP contribution in [0.2, 0.25) is 0 Å². The van der Waals surface area contributed by atoms with E-state index in [4.69, 9.17) is 0 Å². The van der Waals surface area contributed by atoms with Gasteiger partial charge in [-0.1, -0.05) is 12.1 Å². The second kappa shape index (κ2) is 4.56. The van der Waals surface area contributed by atoms with Gasteiger partial charge in [0.15, 0.2) is 17.4 Å². The lowest BCUT2D eigenvalue weighted by atomic mass is 9.93. The van der Waals surface area contributed by atoms with Crippen LogP contribution in [0.3, 0.4) is 0 Å². The Morgan fingerprint density at radius 3 is 2.69 bits per heavy atom. The summed E-state index contributed by atoms with van der Waals surface area (Å²) in [6.45, 7) is 0. The zero-order chi connectivity index (χ0) is 11.5. The van der Waals surface area contributed by atoms with Gasteiger partial charge in [0.1, 0.15) is 0 Å². The van der Waals surface area contributed by atoms with Crippen LogP contribution >= 0.6 is 0 Å². The normalized spacial score (nSPS) is 15.8. The van der Waals surface area contributed by atoms with Gasteiger partial charge in [0.25, 0.3) is 0 Å². The third-order valence-electron chi connectivity index (χ3n) is 2.78. The summed E-state index contributed by atoms with van der Waals surface area (Å²) in [5.41, 5.74) is 0.448. The van der Waals surface area contributed by atoms with Crippen LogP contribution in [0.5, 0.6) is 0 Å². The molecule has 0 fully saturated rings. The smallest absolute Gasteiger partial charge is 0.191 e. The van der Waals surface area contributed by atoms with E-state index in [1.807, 2.05) is 6.08 Å². The van der Waals surface area contributed by atoms with Crippen LogP contribution in [0, 0.1) is 11.6 Å². The maximum absolute atomic E-state index is 13.4. The number of carbonyl (C=O) groups excluding carboxylic acids is 1. The second-order valence-corrected chi connectivity index (χ2v) is 3.91. The second-order valence-electron chi connectivity index (χ2n) is 3.91. The number of hydrogen-bond acceptors (Lipinski definition) is 1. The van der Waals surface area contributed by atoms with E-state index in [9.17, 15) is 13.6 Å². The molecular weight excluding hydrogens is 210 g/mol. The van der Waals surface area contributed by atoms with Gasteiger partial charge < -0.3 is 0 Å². The van der Waals surface area contributed by atoms with E-state index in [1.54, 1.807) is 0 Å². The summed E-state index contributed by atoms with van der Waals surface area (Å²) in [5.74, 6) is -2.39. The van der Waals surface area contributed by atoms with Gasteiger partial charge in [-0.15, -0.1) is 0 Å². The van der Waals surface area contributed by atoms with Crippen molar-refractivity contribution in [2.24, 2.45) is 0 Å². The van der Waals surface area contributed by atoms with Crippen molar-refractivity contribution in [3.8, 4) is 0 Å². The number of benzene rings is 1. The first-order chi connectivity index (χ1) is 7.70. The number of ketones is 1. The molecule has 0 amide bonds. The van der Waals surface area contributed by atoms with E-state index >= 15 is 0 Å². The van der Waals surface area contributed by atoms with Gasteiger partial charge in [0.2, 0.25) is 0 Å². The molecule has 0 saturated carbocycles. The van der Waals surface area contributed by atoms with Crippen molar-refractivity contribution >= 4 is 5.78 Å². The van der Waals surface area contributed by atoms with Crippen LogP contribution in [-0.2, 0) is 0 Å². The summed E-state index contributed by atoms with van der Waals surface area (Å²) < 4.78 is 26.3. The monoisotopic (exact) mass is 222 g/mol. The number of allylic oxidation sites excluding steroid dienone is 2. The first-order valence-electron chi connectivity index (χ1n) is 5.38. The zero-order valence-corrected chi connectivity index (χ0v) is 8.80. The molecule has 0 spiro atoms. The molecule has 1 aliphatic rings. The number of Topliss-reactive ketones (excluding diaryl/α,β-unsaturated/α-hetero) is 1. The SMILES string of the molecule is O=C(C1=CCCCC1)c1cccc(F)c1F. The maximum Gasteiger partial charge on any atom is 0.191 e. The Kier molecular flexibility index (Phi) is 3.13. The Labute approximate surface area is 92.8 Å². The van der Waals surface area contributed by atoms with Gasteiger partial charge in [-0.3, -0.25) is 4.79 Å². The maximum atomic E-state index is 13.4. The Balaban J connectivity index is 2.33. The minimum absolute atomic E-state index is 0.159. The van der Waals surface area contributed by atoms with Gasteiger partial charge in [0.05, 0.1) is 5.56 Å². The molecule has 0 radical (unpaired) electrons. The van der Waals surface area contributed by atoms with Crippen LogP contribution in [0.25, 0.3) is 0 Å². The summed E-state index contributed by atoms with van der Waals surface area (Å²) in [7, 11) is 0. The van der Waals surface area contributed by atoms with Crippen molar-refractivity contribution in [2.45, 2.75) is 25.7 Å².